The van der Waals surface area contributed by atoms with Crippen molar-refractivity contribution in [2.24, 2.45) is 0 Å². The van der Waals surface area contributed by atoms with Crippen LogP contribution in [0.15, 0.2) is 113 Å². The Balaban J connectivity index is 0.000000201. The summed E-state index contributed by atoms with van der Waals surface area (Å²) in [4.78, 5) is 8.95. The number of nitrogens with zero attached hydrogens (tertiary/aromatic N) is 2. The average Bonchev–Trinajstić information content (AvgIpc) is 3.68. The summed E-state index contributed by atoms with van der Waals surface area (Å²) in [7, 11) is 0. The zero-order chi connectivity index (χ0) is 30.2. The van der Waals surface area contributed by atoms with Gasteiger partial charge in [0.25, 0.3) is 0 Å². The van der Waals surface area contributed by atoms with Crippen LogP contribution in [0, 0.1) is 39.8 Å². The van der Waals surface area contributed by atoms with Gasteiger partial charge in [0.1, 0.15) is 5.58 Å². The van der Waals surface area contributed by atoms with E-state index in [9.17, 15) is 0 Å². The van der Waals surface area contributed by atoms with Crippen LogP contribution in [0.4, 0.5) is 0 Å². The van der Waals surface area contributed by atoms with Gasteiger partial charge < -0.3 is 14.4 Å². The van der Waals surface area contributed by atoms with Gasteiger partial charge in [0.2, 0.25) is 0 Å². The molecule has 0 spiro atoms. The van der Waals surface area contributed by atoms with Crippen LogP contribution < -0.4 is 0 Å². The number of rotatable bonds is 3. The normalized spacial score (nSPS) is 10.9. The minimum atomic E-state index is 0. The van der Waals surface area contributed by atoms with Gasteiger partial charge >= 0.3 is 0 Å². The van der Waals surface area contributed by atoms with Crippen molar-refractivity contribution in [1.29, 1.82) is 0 Å². The molecular formula is C40H30IrN2OS-2. The van der Waals surface area contributed by atoms with Crippen LogP contribution in [0.5, 0.6) is 0 Å². The fourth-order valence-corrected chi connectivity index (χ4v) is 6.48. The number of fused-ring (bicyclic) bond motifs is 5. The number of hydrogen-bond acceptors (Lipinski definition) is 4. The minimum Gasteiger partial charge on any atom is -0.500 e. The number of furan rings is 1. The van der Waals surface area contributed by atoms with Gasteiger partial charge in [-0.05, 0) is 78.0 Å². The third-order valence-corrected chi connectivity index (χ3v) is 8.92. The van der Waals surface area contributed by atoms with Gasteiger partial charge in [0.05, 0.1) is 5.58 Å². The summed E-state index contributed by atoms with van der Waals surface area (Å²) >= 11 is 1.75. The van der Waals surface area contributed by atoms with E-state index in [1.807, 2.05) is 54.9 Å². The van der Waals surface area contributed by atoms with Crippen LogP contribution in [0.2, 0.25) is 0 Å². The molecule has 0 aliphatic heterocycles. The second-order valence-electron chi connectivity index (χ2n) is 11.1. The van der Waals surface area contributed by atoms with Gasteiger partial charge in [0, 0.05) is 48.0 Å². The van der Waals surface area contributed by atoms with E-state index in [-0.39, 0.29) is 20.1 Å². The second-order valence-corrected chi connectivity index (χ2v) is 12.0. The van der Waals surface area contributed by atoms with Crippen molar-refractivity contribution in [2.45, 2.75) is 27.7 Å². The monoisotopic (exact) mass is 779 g/mol. The topological polar surface area (TPSA) is 38.9 Å². The first-order valence-corrected chi connectivity index (χ1v) is 15.5. The third kappa shape index (κ3) is 5.87. The Kier molecular flexibility index (Phi) is 8.78. The number of aromatic nitrogens is 2. The van der Waals surface area contributed by atoms with Crippen LogP contribution in [0.25, 0.3) is 65.7 Å². The van der Waals surface area contributed by atoms with Crippen molar-refractivity contribution in [3.63, 3.8) is 0 Å². The molecule has 0 atom stereocenters. The van der Waals surface area contributed by atoms with Crippen molar-refractivity contribution < 1.29 is 24.5 Å². The van der Waals surface area contributed by atoms with Crippen molar-refractivity contribution in [2.75, 3.05) is 0 Å². The number of hydrogen-bond donors (Lipinski definition) is 0. The first kappa shape index (κ1) is 30.6. The van der Waals surface area contributed by atoms with Gasteiger partial charge in [-0.2, -0.15) is 0 Å². The molecule has 8 aromatic rings. The van der Waals surface area contributed by atoms with Gasteiger partial charge in [-0.1, -0.05) is 65.9 Å². The van der Waals surface area contributed by atoms with Gasteiger partial charge in [0.15, 0.2) is 0 Å². The second kappa shape index (κ2) is 12.9. The molecule has 4 aromatic heterocycles. The molecule has 223 valence electrons. The van der Waals surface area contributed by atoms with E-state index >= 15 is 0 Å². The Morgan fingerprint density at radius 3 is 2.27 bits per heavy atom. The zero-order valence-electron chi connectivity index (χ0n) is 25.4. The maximum Gasteiger partial charge on any atom is 0.130 e. The maximum absolute atomic E-state index is 6.60. The van der Waals surface area contributed by atoms with E-state index in [0.29, 0.717) is 0 Å². The fraction of sp³-hybridized carbons (Fsp3) is 0.100. The van der Waals surface area contributed by atoms with Crippen molar-refractivity contribution in [3.05, 3.63) is 143 Å². The van der Waals surface area contributed by atoms with Gasteiger partial charge in [-0.15, -0.1) is 64.9 Å². The number of thiophene rings is 1. The summed E-state index contributed by atoms with van der Waals surface area (Å²) in [5.41, 5.74) is 12.9. The molecule has 4 heterocycles. The summed E-state index contributed by atoms with van der Waals surface area (Å²) in [5.74, 6) is 0. The summed E-state index contributed by atoms with van der Waals surface area (Å²) in [6.07, 6.45) is 3.72. The molecular weight excluding hydrogens is 749 g/mol. The van der Waals surface area contributed by atoms with E-state index in [1.165, 1.54) is 37.9 Å². The van der Waals surface area contributed by atoms with Crippen LogP contribution in [-0.2, 0) is 20.1 Å². The molecule has 3 nitrogen and oxygen atoms in total. The Morgan fingerprint density at radius 1 is 0.689 bits per heavy atom. The molecule has 1 radical (unpaired) electrons. The summed E-state index contributed by atoms with van der Waals surface area (Å²) in [6, 6.07) is 37.8. The van der Waals surface area contributed by atoms with Gasteiger partial charge in [-0.3, -0.25) is 0 Å². The molecule has 8 rings (SSSR count). The Morgan fingerprint density at radius 2 is 1.51 bits per heavy atom. The number of benzene rings is 4. The molecule has 0 saturated carbocycles. The largest absolute Gasteiger partial charge is 0.500 e. The van der Waals surface area contributed by atoms with E-state index in [1.54, 1.807) is 11.3 Å². The molecule has 0 fully saturated rings. The summed E-state index contributed by atoms with van der Waals surface area (Å²) in [6.45, 7) is 8.42. The van der Waals surface area contributed by atoms with Crippen LogP contribution in [-0.4, -0.2) is 9.97 Å². The third-order valence-electron chi connectivity index (χ3n) is 8.05. The fourth-order valence-electron chi connectivity index (χ4n) is 5.66. The average molecular weight is 779 g/mol. The van der Waals surface area contributed by atoms with Crippen LogP contribution in [0.1, 0.15) is 22.3 Å². The SMILES string of the molecule is Cc1[c-]c(-c2ccccn2)c2oc3c4ccsc4cc(-c4ccccc4C)c3c2c1.Cc1cnc(-c2[c-]cccc2)cc1C.[Ir]. The Labute approximate surface area is 281 Å². The molecule has 0 bridgehead atoms. The maximum atomic E-state index is 6.60. The summed E-state index contributed by atoms with van der Waals surface area (Å²) < 4.78 is 7.84. The number of pyridine rings is 2. The van der Waals surface area contributed by atoms with E-state index < -0.39 is 0 Å². The predicted octanol–water partition coefficient (Wildman–Crippen LogP) is 11.1. The van der Waals surface area contributed by atoms with E-state index in [2.05, 4.69) is 104 Å². The molecule has 0 unspecified atom stereocenters. The molecule has 0 saturated heterocycles. The van der Waals surface area contributed by atoms with Crippen LogP contribution >= 0.6 is 11.3 Å². The molecule has 0 aliphatic carbocycles. The van der Waals surface area contributed by atoms with Crippen molar-refractivity contribution >= 4 is 43.4 Å². The first-order chi connectivity index (χ1) is 21.5. The quantitative estimate of drug-likeness (QED) is 0.168. The molecule has 4 aromatic carbocycles. The van der Waals surface area contributed by atoms with Gasteiger partial charge in [-0.25, -0.2) is 0 Å². The smallest absolute Gasteiger partial charge is 0.130 e. The standard InChI is InChI=1S/C27H18NOS.C13H12N.Ir/c1-16-13-21(23-9-5-6-11-28-23)26-22(14-16)25-20(18-8-4-3-7-17(18)2)15-24-19(10-12-30-24)27(25)29-26;1-10-8-13(14-9-11(10)2)12-6-4-3-5-7-12;/h3-12,14-15H,1-2H3;3-6,8-9H,1-2H3;/q2*-1;. The van der Waals surface area contributed by atoms with Crippen LogP contribution in [0.3, 0.4) is 0 Å². The Bertz CT molecular complexity index is 2270. The molecule has 0 amide bonds. The van der Waals surface area contributed by atoms with Crippen molar-refractivity contribution in [3.8, 4) is 33.6 Å². The predicted molar refractivity (Wildman–Crippen MR) is 184 cm³/mol. The molecule has 0 aliphatic rings. The summed E-state index contributed by atoms with van der Waals surface area (Å²) in [5, 5.41) is 5.58. The molecule has 5 heteroatoms. The molecule has 45 heavy (non-hydrogen) atoms. The van der Waals surface area contributed by atoms with E-state index in [4.69, 9.17) is 4.42 Å². The zero-order valence-corrected chi connectivity index (χ0v) is 28.6. The molecule has 0 N–H and O–H groups in total. The number of aryl methyl sites for hydroxylation is 4. The first-order valence-electron chi connectivity index (χ1n) is 14.6. The Hall–Kier alpha value is -4.41. The van der Waals surface area contributed by atoms with Crippen molar-refractivity contribution in [1.82, 2.24) is 9.97 Å². The minimum absolute atomic E-state index is 0. The van der Waals surface area contributed by atoms with E-state index in [0.717, 1.165) is 50.0 Å².